The molecule has 0 aromatic carbocycles. The van der Waals surface area contributed by atoms with Gasteiger partial charge in [0, 0.05) is 38.9 Å². The summed E-state index contributed by atoms with van der Waals surface area (Å²) in [6, 6.07) is 2.22. The summed E-state index contributed by atoms with van der Waals surface area (Å²) in [5.41, 5.74) is 0.197. The van der Waals surface area contributed by atoms with Crippen LogP contribution in [0.25, 0.3) is 5.82 Å². The van der Waals surface area contributed by atoms with E-state index in [1.807, 2.05) is 13.8 Å². The molecule has 1 amide bonds. The fourth-order valence-corrected chi connectivity index (χ4v) is 3.48. The van der Waals surface area contributed by atoms with Gasteiger partial charge in [-0.2, -0.15) is 18.3 Å². The molecule has 1 fully saturated rings. The van der Waals surface area contributed by atoms with Gasteiger partial charge in [0.1, 0.15) is 0 Å². The topological polar surface area (TPSA) is 75.1 Å². The van der Waals surface area contributed by atoms with Crippen LogP contribution in [0.15, 0.2) is 24.5 Å². The summed E-state index contributed by atoms with van der Waals surface area (Å²) in [5, 5.41) is 10.4. The fraction of sp³-hybridized carbons (Fsp3) is 0.550. The zero-order chi connectivity index (χ0) is 21.7. The normalized spacial score (nSPS) is 15.5. The first-order valence-electron chi connectivity index (χ1n) is 10.1. The Hall–Kier alpha value is -2.46. The lowest BCUT2D eigenvalue weighted by molar-refractivity contribution is -0.137. The van der Waals surface area contributed by atoms with E-state index in [4.69, 9.17) is 0 Å². The minimum absolute atomic E-state index is 0.0711. The number of carbonyl (C=O) groups excluding carboxylic acids is 1. The maximum atomic E-state index is 12.8. The molecule has 10 heteroatoms. The second-order valence-corrected chi connectivity index (χ2v) is 7.61. The van der Waals surface area contributed by atoms with E-state index >= 15 is 0 Å². The molecule has 0 radical (unpaired) electrons. The van der Waals surface area contributed by atoms with Crippen molar-refractivity contribution in [2.45, 2.75) is 32.4 Å². The van der Waals surface area contributed by atoms with Crippen molar-refractivity contribution in [2.75, 3.05) is 39.3 Å². The van der Waals surface area contributed by atoms with Crippen LogP contribution in [0.3, 0.4) is 0 Å². The van der Waals surface area contributed by atoms with Crippen molar-refractivity contribution in [3.8, 4) is 5.82 Å². The lowest BCUT2D eigenvalue weighted by Gasteiger charge is -2.27. The Labute approximate surface area is 173 Å². The Morgan fingerprint density at radius 2 is 1.97 bits per heavy atom. The molecule has 2 aromatic heterocycles. The molecule has 3 heterocycles. The van der Waals surface area contributed by atoms with Crippen molar-refractivity contribution in [3.63, 3.8) is 0 Å². The van der Waals surface area contributed by atoms with E-state index in [1.165, 1.54) is 16.9 Å². The summed E-state index contributed by atoms with van der Waals surface area (Å²) in [5.74, 6) is -0.0696. The van der Waals surface area contributed by atoms with E-state index in [0.29, 0.717) is 17.8 Å². The van der Waals surface area contributed by atoms with Crippen molar-refractivity contribution in [3.05, 3.63) is 41.3 Å². The molecule has 2 aromatic rings. The number of amides is 1. The monoisotopic (exact) mass is 424 g/mol. The number of nitrogens with one attached hydrogen (secondary N) is 2. The van der Waals surface area contributed by atoms with Crippen LogP contribution in [-0.2, 0) is 6.18 Å². The molecule has 1 aliphatic heterocycles. The van der Waals surface area contributed by atoms with Gasteiger partial charge in [-0.05, 0) is 31.0 Å². The third-order valence-electron chi connectivity index (χ3n) is 5.04. The first-order chi connectivity index (χ1) is 14.3. The highest BCUT2D eigenvalue weighted by atomic mass is 19.4. The van der Waals surface area contributed by atoms with Crippen molar-refractivity contribution in [1.29, 1.82) is 0 Å². The quantitative estimate of drug-likeness (QED) is 0.668. The Kier molecular flexibility index (Phi) is 7.09. The van der Waals surface area contributed by atoms with Crippen molar-refractivity contribution < 1.29 is 18.0 Å². The van der Waals surface area contributed by atoms with Crippen LogP contribution >= 0.6 is 0 Å². The minimum atomic E-state index is -4.45. The van der Waals surface area contributed by atoms with E-state index < -0.39 is 11.7 Å². The molecule has 0 saturated carbocycles. The number of pyridine rings is 1. The number of carbonyl (C=O) groups is 1. The molecule has 0 bridgehead atoms. The molecule has 2 N–H and O–H groups in total. The van der Waals surface area contributed by atoms with Crippen LogP contribution < -0.4 is 10.6 Å². The Morgan fingerprint density at radius 3 is 2.57 bits per heavy atom. The molecule has 30 heavy (non-hydrogen) atoms. The smallest absolute Gasteiger partial charge is 0.352 e. The molecule has 1 saturated heterocycles. The number of aromatic nitrogens is 3. The highest BCUT2D eigenvalue weighted by Crippen LogP contribution is 2.29. The number of hydrogen-bond donors (Lipinski definition) is 2. The molecule has 0 spiro atoms. The van der Waals surface area contributed by atoms with E-state index in [9.17, 15) is 18.0 Å². The second kappa shape index (κ2) is 9.57. The standard InChI is InChI=1S/C20H27F3N6O/c1-14(2)18-16(19(30)25-6-3-9-28-10-7-24-8-11-28)13-27-29(18)17-5-4-15(12-26-17)20(21,22)23/h4-5,12-14,24H,3,6-11H2,1-2H3,(H,25,30). The van der Waals surface area contributed by atoms with E-state index in [-0.39, 0.29) is 17.6 Å². The zero-order valence-corrected chi connectivity index (χ0v) is 17.2. The summed E-state index contributed by atoms with van der Waals surface area (Å²) in [7, 11) is 0. The largest absolute Gasteiger partial charge is 0.417 e. The average molecular weight is 424 g/mol. The van der Waals surface area contributed by atoms with E-state index in [1.54, 1.807) is 0 Å². The summed E-state index contributed by atoms with van der Waals surface area (Å²) in [4.78, 5) is 18.9. The van der Waals surface area contributed by atoms with Gasteiger partial charge in [0.15, 0.2) is 5.82 Å². The summed E-state index contributed by atoms with van der Waals surface area (Å²) in [6.07, 6.45) is -1.39. The lowest BCUT2D eigenvalue weighted by Crippen LogP contribution is -2.44. The SMILES string of the molecule is CC(C)c1c(C(=O)NCCCN2CCNCC2)cnn1-c1ccc(C(F)(F)F)cn1. The number of rotatable bonds is 7. The molecule has 1 aliphatic rings. The number of piperazine rings is 1. The predicted octanol–water partition coefficient (Wildman–Crippen LogP) is 2.43. The number of alkyl halides is 3. The van der Waals surface area contributed by atoms with E-state index in [0.717, 1.165) is 51.4 Å². The summed E-state index contributed by atoms with van der Waals surface area (Å²) >= 11 is 0. The van der Waals surface area contributed by atoms with Crippen molar-refractivity contribution in [1.82, 2.24) is 30.3 Å². The Morgan fingerprint density at radius 1 is 1.23 bits per heavy atom. The first kappa shape index (κ1) is 22.2. The highest BCUT2D eigenvalue weighted by molar-refractivity contribution is 5.95. The number of hydrogen-bond acceptors (Lipinski definition) is 5. The second-order valence-electron chi connectivity index (χ2n) is 7.61. The average Bonchev–Trinajstić information content (AvgIpc) is 3.17. The minimum Gasteiger partial charge on any atom is -0.352 e. The van der Waals surface area contributed by atoms with Gasteiger partial charge >= 0.3 is 6.18 Å². The van der Waals surface area contributed by atoms with Gasteiger partial charge in [-0.15, -0.1) is 0 Å². The number of nitrogens with zero attached hydrogens (tertiary/aromatic N) is 4. The highest BCUT2D eigenvalue weighted by Gasteiger charge is 2.31. The maximum Gasteiger partial charge on any atom is 0.417 e. The third kappa shape index (κ3) is 5.37. The summed E-state index contributed by atoms with van der Waals surface area (Å²) < 4.78 is 39.8. The molecule has 0 aliphatic carbocycles. The fourth-order valence-electron chi connectivity index (χ4n) is 3.48. The molecule has 0 unspecified atom stereocenters. The van der Waals surface area contributed by atoms with Crippen molar-refractivity contribution >= 4 is 5.91 Å². The summed E-state index contributed by atoms with van der Waals surface area (Å²) in [6.45, 7) is 9.27. The van der Waals surface area contributed by atoms with Crippen LogP contribution in [-0.4, -0.2) is 64.8 Å². The van der Waals surface area contributed by atoms with Gasteiger partial charge in [-0.3, -0.25) is 4.79 Å². The van der Waals surface area contributed by atoms with Crippen molar-refractivity contribution in [2.24, 2.45) is 0 Å². The molecular weight excluding hydrogens is 397 g/mol. The van der Waals surface area contributed by atoms with Gasteiger partial charge in [0.05, 0.1) is 23.0 Å². The van der Waals surface area contributed by atoms with Crippen LogP contribution in [0.1, 0.15) is 47.8 Å². The zero-order valence-electron chi connectivity index (χ0n) is 17.2. The van der Waals surface area contributed by atoms with Gasteiger partial charge in [0.25, 0.3) is 5.91 Å². The molecular formula is C20H27F3N6O. The predicted molar refractivity (Wildman–Crippen MR) is 107 cm³/mol. The molecule has 0 atom stereocenters. The molecule has 164 valence electrons. The van der Waals surface area contributed by atoms with Gasteiger partial charge in [-0.1, -0.05) is 13.8 Å². The molecule has 3 rings (SSSR count). The third-order valence-corrected chi connectivity index (χ3v) is 5.04. The molecule has 7 nitrogen and oxygen atoms in total. The van der Waals surface area contributed by atoms with Gasteiger partial charge < -0.3 is 15.5 Å². The lowest BCUT2D eigenvalue weighted by atomic mass is 10.1. The number of halogens is 3. The van der Waals surface area contributed by atoms with Gasteiger partial charge in [0.2, 0.25) is 0 Å². The van der Waals surface area contributed by atoms with Crippen LogP contribution in [0, 0.1) is 0 Å². The first-order valence-corrected chi connectivity index (χ1v) is 10.1. The Bertz CT molecular complexity index is 841. The van der Waals surface area contributed by atoms with E-state index in [2.05, 4.69) is 25.6 Å². The van der Waals surface area contributed by atoms with Crippen LogP contribution in [0.5, 0.6) is 0 Å². The Balaban J connectivity index is 1.67. The van der Waals surface area contributed by atoms with Gasteiger partial charge in [-0.25, -0.2) is 9.67 Å². The van der Waals surface area contributed by atoms with Crippen LogP contribution in [0.2, 0.25) is 0 Å². The maximum absolute atomic E-state index is 12.8. The van der Waals surface area contributed by atoms with Crippen LogP contribution in [0.4, 0.5) is 13.2 Å².